The highest BCUT2D eigenvalue weighted by Crippen LogP contribution is 2.16. The number of hydrogen-bond donors (Lipinski definition) is 1. The predicted octanol–water partition coefficient (Wildman–Crippen LogP) is 3.23. The Kier molecular flexibility index (Phi) is 5.07. The van der Waals surface area contributed by atoms with Gasteiger partial charge in [0.05, 0.1) is 18.7 Å². The summed E-state index contributed by atoms with van der Waals surface area (Å²) in [7, 11) is 1.63. The Morgan fingerprint density at radius 2 is 2.37 bits per heavy atom. The third kappa shape index (κ3) is 4.41. The molecule has 1 aromatic heterocycles. The minimum Gasteiger partial charge on any atom is -0.378 e. The number of hydrogen-bond acceptors (Lipinski definition) is 4. The number of carbonyl (C=O) groups is 1. The third-order valence-electron chi connectivity index (χ3n) is 2.32. The molecule has 1 heterocycles. The zero-order valence-corrected chi connectivity index (χ0v) is 12.8. The van der Waals surface area contributed by atoms with Crippen LogP contribution in [0.25, 0.3) is 0 Å². The summed E-state index contributed by atoms with van der Waals surface area (Å²) in [4.78, 5) is 16.2. The third-order valence-corrected chi connectivity index (χ3v) is 3.68. The van der Waals surface area contributed by atoms with Crippen molar-refractivity contribution in [2.45, 2.75) is 13.0 Å². The van der Waals surface area contributed by atoms with Gasteiger partial charge in [0.15, 0.2) is 0 Å². The maximum atomic E-state index is 11.9. The first-order valence-electron chi connectivity index (χ1n) is 5.65. The molecule has 2 rings (SSSR count). The number of rotatable bonds is 5. The number of halogens is 1. The van der Waals surface area contributed by atoms with E-state index in [1.807, 2.05) is 29.6 Å². The first-order valence-corrected chi connectivity index (χ1v) is 7.32. The Bertz CT molecular complexity index is 571. The molecule has 19 heavy (non-hydrogen) atoms. The van der Waals surface area contributed by atoms with E-state index < -0.39 is 0 Å². The van der Waals surface area contributed by atoms with Crippen molar-refractivity contribution in [2.24, 2.45) is 0 Å². The fourth-order valence-corrected chi connectivity index (χ4v) is 2.72. The summed E-state index contributed by atoms with van der Waals surface area (Å²) in [6.07, 6.45) is 0.271. The average molecular weight is 341 g/mol. The largest absolute Gasteiger partial charge is 0.378 e. The van der Waals surface area contributed by atoms with E-state index in [0.29, 0.717) is 6.61 Å². The van der Waals surface area contributed by atoms with Crippen LogP contribution in [0.4, 0.5) is 5.69 Å². The van der Waals surface area contributed by atoms with Gasteiger partial charge in [0.25, 0.3) is 0 Å². The molecule has 0 bridgehead atoms. The van der Waals surface area contributed by atoms with Crippen LogP contribution in [0.15, 0.2) is 34.1 Å². The van der Waals surface area contributed by atoms with E-state index in [2.05, 4.69) is 26.2 Å². The molecule has 0 spiro atoms. The van der Waals surface area contributed by atoms with Crippen molar-refractivity contribution in [3.63, 3.8) is 0 Å². The molecule has 1 N–H and O–H groups in total. The van der Waals surface area contributed by atoms with Crippen molar-refractivity contribution >= 4 is 38.9 Å². The van der Waals surface area contributed by atoms with E-state index in [0.717, 1.165) is 20.9 Å². The lowest BCUT2D eigenvalue weighted by Gasteiger charge is -2.04. The van der Waals surface area contributed by atoms with Crippen LogP contribution in [0.5, 0.6) is 0 Å². The van der Waals surface area contributed by atoms with Crippen LogP contribution in [-0.4, -0.2) is 18.0 Å². The van der Waals surface area contributed by atoms with Crippen molar-refractivity contribution < 1.29 is 9.53 Å². The molecule has 4 nitrogen and oxygen atoms in total. The zero-order chi connectivity index (χ0) is 13.7. The summed E-state index contributed by atoms with van der Waals surface area (Å²) < 4.78 is 5.93. The summed E-state index contributed by atoms with van der Waals surface area (Å²) >= 11 is 4.86. The van der Waals surface area contributed by atoms with Crippen LogP contribution in [-0.2, 0) is 22.6 Å². The van der Waals surface area contributed by atoms with Crippen molar-refractivity contribution in [3.8, 4) is 0 Å². The van der Waals surface area contributed by atoms with E-state index in [1.165, 1.54) is 11.3 Å². The minimum atomic E-state index is -0.0765. The number of carbonyl (C=O) groups excluding carboxylic acids is 1. The molecule has 0 radical (unpaired) electrons. The van der Waals surface area contributed by atoms with E-state index in [1.54, 1.807) is 7.11 Å². The highest BCUT2D eigenvalue weighted by atomic mass is 79.9. The second-order valence-corrected chi connectivity index (χ2v) is 5.76. The average Bonchev–Trinajstić information content (AvgIpc) is 2.77. The predicted molar refractivity (Wildman–Crippen MR) is 79.3 cm³/mol. The van der Waals surface area contributed by atoms with Gasteiger partial charge in [-0.1, -0.05) is 22.0 Å². The number of nitrogens with zero attached hydrogens (tertiary/aromatic N) is 1. The molecule has 0 aliphatic carbocycles. The van der Waals surface area contributed by atoms with Gasteiger partial charge in [0.1, 0.15) is 5.01 Å². The summed E-state index contributed by atoms with van der Waals surface area (Å²) in [5, 5.41) is 5.60. The standard InChI is InChI=1S/C13H13BrN2O2S/c1-18-7-13-16-11(8-19-13)6-12(17)15-10-4-2-3-9(14)5-10/h2-5,8H,6-7H2,1H3,(H,15,17). The fraction of sp³-hybridized carbons (Fsp3) is 0.231. The molecule has 100 valence electrons. The normalized spacial score (nSPS) is 10.4. The summed E-state index contributed by atoms with van der Waals surface area (Å²) in [5.74, 6) is -0.0765. The van der Waals surface area contributed by atoms with E-state index in [4.69, 9.17) is 4.74 Å². The van der Waals surface area contributed by atoms with Gasteiger partial charge in [-0.3, -0.25) is 4.79 Å². The van der Waals surface area contributed by atoms with Crippen LogP contribution >= 0.6 is 27.3 Å². The van der Waals surface area contributed by atoms with E-state index in [9.17, 15) is 4.79 Å². The van der Waals surface area contributed by atoms with Gasteiger partial charge in [-0.2, -0.15) is 0 Å². The molecular weight excluding hydrogens is 328 g/mol. The smallest absolute Gasteiger partial charge is 0.230 e. The Morgan fingerprint density at radius 3 is 3.11 bits per heavy atom. The number of ether oxygens (including phenoxy) is 1. The van der Waals surface area contributed by atoms with E-state index in [-0.39, 0.29) is 12.3 Å². The quantitative estimate of drug-likeness (QED) is 0.908. The van der Waals surface area contributed by atoms with Gasteiger partial charge in [0, 0.05) is 22.6 Å². The van der Waals surface area contributed by atoms with Gasteiger partial charge in [0.2, 0.25) is 5.91 Å². The fourth-order valence-electron chi connectivity index (χ4n) is 1.56. The van der Waals surface area contributed by atoms with Gasteiger partial charge in [-0.15, -0.1) is 11.3 Å². The maximum absolute atomic E-state index is 11.9. The molecule has 0 aliphatic rings. The number of benzene rings is 1. The number of methoxy groups -OCH3 is 1. The lowest BCUT2D eigenvalue weighted by atomic mass is 10.3. The molecule has 0 saturated carbocycles. The molecule has 1 aromatic carbocycles. The minimum absolute atomic E-state index is 0.0765. The lowest BCUT2D eigenvalue weighted by Crippen LogP contribution is -2.14. The van der Waals surface area contributed by atoms with Crippen molar-refractivity contribution in [1.29, 1.82) is 0 Å². The number of thiazole rings is 1. The van der Waals surface area contributed by atoms with Gasteiger partial charge in [-0.25, -0.2) is 4.98 Å². The van der Waals surface area contributed by atoms with Crippen molar-refractivity contribution in [1.82, 2.24) is 4.98 Å². The Labute approximate surface area is 124 Å². The molecule has 0 atom stereocenters. The van der Waals surface area contributed by atoms with Gasteiger partial charge in [-0.05, 0) is 18.2 Å². The second-order valence-electron chi connectivity index (χ2n) is 3.90. The molecule has 6 heteroatoms. The topological polar surface area (TPSA) is 51.2 Å². The maximum Gasteiger partial charge on any atom is 0.230 e. The number of nitrogens with one attached hydrogen (secondary N) is 1. The first kappa shape index (κ1) is 14.2. The summed E-state index contributed by atoms with van der Waals surface area (Å²) in [6, 6.07) is 7.49. The Balaban J connectivity index is 1.93. The Hall–Kier alpha value is -1.24. The molecule has 0 saturated heterocycles. The first-order chi connectivity index (χ1) is 9.17. The van der Waals surface area contributed by atoms with Crippen LogP contribution in [0, 0.1) is 0 Å². The number of anilines is 1. The molecule has 0 unspecified atom stereocenters. The van der Waals surface area contributed by atoms with Crippen LogP contribution in [0.1, 0.15) is 10.7 Å². The monoisotopic (exact) mass is 340 g/mol. The Morgan fingerprint density at radius 1 is 1.53 bits per heavy atom. The summed E-state index contributed by atoms with van der Waals surface area (Å²) in [6.45, 7) is 0.484. The van der Waals surface area contributed by atoms with Crippen molar-refractivity contribution in [2.75, 3.05) is 12.4 Å². The second kappa shape index (κ2) is 6.79. The van der Waals surface area contributed by atoms with Crippen LogP contribution < -0.4 is 5.32 Å². The zero-order valence-electron chi connectivity index (χ0n) is 10.4. The SMILES string of the molecule is COCc1nc(CC(=O)Nc2cccc(Br)c2)cs1. The van der Waals surface area contributed by atoms with Crippen LogP contribution in [0.3, 0.4) is 0 Å². The lowest BCUT2D eigenvalue weighted by molar-refractivity contribution is -0.115. The highest BCUT2D eigenvalue weighted by Gasteiger charge is 2.08. The van der Waals surface area contributed by atoms with Gasteiger partial charge < -0.3 is 10.1 Å². The molecule has 0 fully saturated rings. The number of amides is 1. The van der Waals surface area contributed by atoms with Crippen LogP contribution in [0.2, 0.25) is 0 Å². The van der Waals surface area contributed by atoms with Crippen molar-refractivity contribution in [3.05, 3.63) is 44.8 Å². The van der Waals surface area contributed by atoms with E-state index >= 15 is 0 Å². The molecule has 0 aliphatic heterocycles. The summed E-state index contributed by atoms with van der Waals surface area (Å²) in [5.41, 5.74) is 1.54. The highest BCUT2D eigenvalue weighted by molar-refractivity contribution is 9.10. The van der Waals surface area contributed by atoms with Gasteiger partial charge >= 0.3 is 0 Å². The molecule has 2 aromatic rings. The molecular formula is C13H13BrN2O2S. The number of aromatic nitrogens is 1. The molecule has 1 amide bonds.